The number of hydrogen-bond donors (Lipinski definition) is 1. The lowest BCUT2D eigenvalue weighted by atomic mass is 10.3. The van der Waals surface area contributed by atoms with E-state index in [1.54, 1.807) is 6.92 Å². The summed E-state index contributed by atoms with van der Waals surface area (Å²) in [5, 5.41) is 9.52. The van der Waals surface area contributed by atoms with Gasteiger partial charge in [0.25, 0.3) is 0 Å². The van der Waals surface area contributed by atoms with Crippen molar-refractivity contribution in [1.29, 1.82) is 0 Å². The Labute approximate surface area is 123 Å². The number of hydrogen-bond acceptors (Lipinski definition) is 4. The third kappa shape index (κ3) is 4.92. The number of aliphatic carboxylic acids is 1. The highest BCUT2D eigenvalue weighted by atomic mass is 32.1. The van der Waals surface area contributed by atoms with E-state index in [0.29, 0.717) is 5.01 Å². The molecule has 0 aliphatic carbocycles. The van der Waals surface area contributed by atoms with Crippen molar-refractivity contribution in [3.8, 4) is 0 Å². The van der Waals surface area contributed by atoms with Crippen LogP contribution in [0.5, 0.6) is 0 Å². The zero-order chi connectivity index (χ0) is 15.1. The van der Waals surface area contributed by atoms with E-state index < -0.39 is 5.97 Å². The lowest BCUT2D eigenvalue weighted by molar-refractivity contribution is -0.136. The van der Waals surface area contributed by atoms with Gasteiger partial charge in [0.2, 0.25) is 5.91 Å². The van der Waals surface area contributed by atoms with Gasteiger partial charge in [-0.2, -0.15) is 0 Å². The molecular formula is C14H22N2O3S. The fourth-order valence-corrected chi connectivity index (χ4v) is 3.06. The van der Waals surface area contributed by atoms with Crippen molar-refractivity contribution in [2.45, 2.75) is 46.5 Å². The van der Waals surface area contributed by atoms with Gasteiger partial charge in [0.1, 0.15) is 5.01 Å². The molecule has 0 aliphatic rings. The molecule has 0 aliphatic heterocycles. The molecule has 5 nitrogen and oxygen atoms in total. The summed E-state index contributed by atoms with van der Waals surface area (Å²) < 4.78 is 0. The number of amides is 1. The molecule has 6 heteroatoms. The fourth-order valence-electron chi connectivity index (χ4n) is 2.01. The number of nitrogens with zero attached hydrogens (tertiary/aromatic N) is 2. The number of carbonyl (C=O) groups is 2. The van der Waals surface area contributed by atoms with Gasteiger partial charge >= 0.3 is 5.97 Å². The smallest absolute Gasteiger partial charge is 0.308 e. The molecule has 0 atom stereocenters. The van der Waals surface area contributed by atoms with Gasteiger partial charge in [0.05, 0.1) is 18.5 Å². The first-order chi connectivity index (χ1) is 9.47. The van der Waals surface area contributed by atoms with Gasteiger partial charge in [0, 0.05) is 18.0 Å². The Kier molecular flexibility index (Phi) is 6.64. The summed E-state index contributed by atoms with van der Waals surface area (Å²) in [5.74, 6) is -0.794. The zero-order valence-corrected chi connectivity index (χ0v) is 13.1. The van der Waals surface area contributed by atoms with E-state index >= 15 is 0 Å². The van der Waals surface area contributed by atoms with Crippen molar-refractivity contribution >= 4 is 23.2 Å². The van der Waals surface area contributed by atoms with Crippen molar-refractivity contribution < 1.29 is 14.7 Å². The molecule has 0 spiro atoms. The number of thiazole rings is 1. The molecule has 1 aromatic rings. The monoisotopic (exact) mass is 298 g/mol. The van der Waals surface area contributed by atoms with Gasteiger partial charge in [-0.1, -0.05) is 13.8 Å². The summed E-state index contributed by atoms with van der Waals surface area (Å²) in [6.45, 7) is 7.42. The van der Waals surface area contributed by atoms with Gasteiger partial charge in [0.15, 0.2) is 0 Å². The molecule has 0 fully saturated rings. The predicted molar refractivity (Wildman–Crippen MR) is 79.1 cm³/mol. The summed E-state index contributed by atoms with van der Waals surface area (Å²) in [6.07, 6.45) is 2.12. The third-order valence-corrected chi connectivity index (χ3v) is 4.05. The number of carboxylic acid groups (broad SMARTS) is 1. The van der Waals surface area contributed by atoms with Crippen LogP contribution in [0.3, 0.4) is 0 Å². The van der Waals surface area contributed by atoms with Crippen LogP contribution in [0.2, 0.25) is 0 Å². The summed E-state index contributed by atoms with van der Waals surface area (Å²) in [5.41, 5.74) is 0.720. The molecule has 1 rings (SSSR count). The topological polar surface area (TPSA) is 70.5 Å². The number of rotatable bonds is 8. The SMILES string of the molecule is CCCN(CCC)C(=O)Cc1nc(C)c(CC(=O)O)s1. The van der Waals surface area contributed by atoms with Crippen molar-refractivity contribution in [2.24, 2.45) is 0 Å². The number of aryl methyl sites for hydroxylation is 1. The summed E-state index contributed by atoms with van der Waals surface area (Å²) in [7, 11) is 0. The number of carboxylic acids is 1. The van der Waals surface area contributed by atoms with Crippen molar-refractivity contribution in [1.82, 2.24) is 9.88 Å². The van der Waals surface area contributed by atoms with Gasteiger partial charge in [-0.15, -0.1) is 11.3 Å². The maximum absolute atomic E-state index is 12.2. The van der Waals surface area contributed by atoms with Crippen LogP contribution in [-0.4, -0.2) is 40.0 Å². The van der Waals surface area contributed by atoms with Crippen LogP contribution in [0.1, 0.15) is 42.3 Å². The molecule has 0 saturated carbocycles. The maximum atomic E-state index is 12.2. The van der Waals surface area contributed by atoms with Crippen LogP contribution in [-0.2, 0) is 22.4 Å². The zero-order valence-electron chi connectivity index (χ0n) is 12.3. The normalized spacial score (nSPS) is 10.6. The van der Waals surface area contributed by atoms with E-state index in [0.717, 1.165) is 36.5 Å². The highest BCUT2D eigenvalue weighted by Gasteiger charge is 2.17. The Hall–Kier alpha value is -1.43. The van der Waals surface area contributed by atoms with Crippen LogP contribution in [0.15, 0.2) is 0 Å². The first-order valence-corrected chi connectivity index (χ1v) is 7.74. The predicted octanol–water partition coefficient (Wildman–Crippen LogP) is 2.27. The third-order valence-electron chi connectivity index (χ3n) is 2.89. The van der Waals surface area contributed by atoms with E-state index in [9.17, 15) is 9.59 Å². The van der Waals surface area contributed by atoms with Crippen LogP contribution in [0.4, 0.5) is 0 Å². The first kappa shape index (κ1) is 16.6. The summed E-state index contributed by atoms with van der Waals surface area (Å²) in [6, 6.07) is 0. The van der Waals surface area contributed by atoms with E-state index in [4.69, 9.17) is 5.11 Å². The average molecular weight is 298 g/mol. The van der Waals surface area contributed by atoms with Crippen LogP contribution >= 0.6 is 11.3 Å². The van der Waals surface area contributed by atoms with Crippen molar-refractivity contribution in [3.05, 3.63) is 15.6 Å². The Bertz CT molecular complexity index is 465. The minimum atomic E-state index is -0.867. The number of aromatic nitrogens is 1. The van der Waals surface area contributed by atoms with Gasteiger partial charge in [-0.3, -0.25) is 9.59 Å². The molecule has 112 valence electrons. The molecule has 20 heavy (non-hydrogen) atoms. The molecule has 1 heterocycles. The highest BCUT2D eigenvalue weighted by molar-refractivity contribution is 7.11. The minimum absolute atomic E-state index is 0.0225. The Morgan fingerprint density at radius 3 is 2.30 bits per heavy atom. The second-order valence-electron chi connectivity index (χ2n) is 4.74. The highest BCUT2D eigenvalue weighted by Crippen LogP contribution is 2.19. The van der Waals surface area contributed by atoms with Crippen molar-refractivity contribution in [2.75, 3.05) is 13.1 Å². The van der Waals surface area contributed by atoms with Crippen molar-refractivity contribution in [3.63, 3.8) is 0 Å². The molecule has 0 saturated heterocycles. The lowest BCUT2D eigenvalue weighted by Gasteiger charge is -2.20. The molecule has 0 radical (unpaired) electrons. The Morgan fingerprint density at radius 1 is 1.20 bits per heavy atom. The molecular weight excluding hydrogens is 276 g/mol. The van der Waals surface area contributed by atoms with Crippen LogP contribution in [0.25, 0.3) is 0 Å². The first-order valence-electron chi connectivity index (χ1n) is 6.92. The molecule has 1 aromatic heterocycles. The molecule has 0 aromatic carbocycles. The van der Waals surface area contributed by atoms with Gasteiger partial charge in [-0.25, -0.2) is 4.98 Å². The minimum Gasteiger partial charge on any atom is -0.481 e. The fraction of sp³-hybridized carbons (Fsp3) is 0.643. The quantitative estimate of drug-likeness (QED) is 0.799. The van der Waals surface area contributed by atoms with Gasteiger partial charge in [-0.05, 0) is 19.8 Å². The number of carbonyl (C=O) groups excluding carboxylic acids is 1. The maximum Gasteiger partial charge on any atom is 0.308 e. The Balaban J connectivity index is 2.71. The van der Waals surface area contributed by atoms with E-state index in [-0.39, 0.29) is 18.7 Å². The summed E-state index contributed by atoms with van der Waals surface area (Å²) >= 11 is 1.33. The summed E-state index contributed by atoms with van der Waals surface area (Å²) in [4.78, 5) is 29.8. The van der Waals surface area contributed by atoms with Crippen LogP contribution in [0, 0.1) is 6.92 Å². The molecule has 1 N–H and O–H groups in total. The van der Waals surface area contributed by atoms with E-state index in [1.807, 2.05) is 4.90 Å². The van der Waals surface area contributed by atoms with Gasteiger partial charge < -0.3 is 10.0 Å². The lowest BCUT2D eigenvalue weighted by Crippen LogP contribution is -2.33. The molecule has 1 amide bonds. The average Bonchev–Trinajstić information content (AvgIpc) is 2.68. The second-order valence-corrected chi connectivity index (χ2v) is 5.91. The molecule has 0 bridgehead atoms. The van der Waals surface area contributed by atoms with E-state index in [1.165, 1.54) is 11.3 Å². The Morgan fingerprint density at radius 2 is 1.80 bits per heavy atom. The largest absolute Gasteiger partial charge is 0.481 e. The second kappa shape index (κ2) is 7.99. The standard InChI is InChI=1S/C14H22N2O3S/c1-4-6-16(7-5-2)13(17)9-12-15-10(3)11(20-12)8-14(18)19/h4-9H2,1-3H3,(H,18,19). The van der Waals surface area contributed by atoms with Crippen LogP contribution < -0.4 is 0 Å². The molecule has 0 unspecified atom stereocenters. The van der Waals surface area contributed by atoms with E-state index in [2.05, 4.69) is 18.8 Å².